The first-order valence-corrected chi connectivity index (χ1v) is 43.0. The van der Waals surface area contributed by atoms with Gasteiger partial charge < -0.3 is 13.3 Å². The quantitative estimate of drug-likeness (QED) is 0.149. The predicted octanol–water partition coefficient (Wildman–Crippen LogP) is 37.0. The third-order valence-corrected chi connectivity index (χ3v) is 26.1. The largest absolute Gasteiger partial charge is 0.456 e. The van der Waals surface area contributed by atoms with Gasteiger partial charge in [-0.3, -0.25) is 0 Å². The molecule has 0 aliphatic rings. The van der Waals surface area contributed by atoms with Crippen molar-refractivity contribution >= 4 is 184 Å². The van der Waals surface area contributed by atoms with Gasteiger partial charge in [0.2, 0.25) is 0 Å². The van der Waals surface area contributed by atoms with E-state index in [1.165, 1.54) is 229 Å². The molecule has 0 saturated carbocycles. The van der Waals surface area contributed by atoms with Crippen molar-refractivity contribution < 1.29 is 17.4 Å². The highest BCUT2D eigenvalue weighted by molar-refractivity contribution is 6.29. The number of hydrogen-bond donors (Lipinski definition) is 0. The molecular weight excluding hydrogens is 1550 g/mol. The molecule has 0 aliphatic carbocycles. The fraction of sp³-hybridized carbons (Fsp3) is 0.0240. The highest BCUT2D eigenvalue weighted by Crippen LogP contribution is 2.51. The number of fused-ring (bicyclic) bond motifs is 23. The molecule has 0 aliphatic heterocycles. The first-order valence-electron chi connectivity index (χ1n) is 46.0. The molecule has 27 rings (SSSR count). The van der Waals surface area contributed by atoms with E-state index in [0.717, 1.165) is 55.2 Å². The van der Waals surface area contributed by atoms with E-state index in [0.29, 0.717) is 0 Å². The molecule has 0 saturated heterocycles. The summed E-state index contributed by atoms with van der Waals surface area (Å²) in [5.74, 6) is 0. The standard InChI is InChI=1S/C42H26O.2C40H24O.3CH4/c1-2-10-27(11-3-1)28-18-20-30(21-19-28)40-33-14-6-8-16-35(33)41(36-17-9-7-15-34(36)40)31-22-24-37-39(26-31)43-38-25-23-29-12-4-5-13-32(29)42(37)38;1-3-13-28-25(10-1)12-9-19-30(28)39-33-17-7-5-15-31(33)38(32-16-6-8-18-34(32)39)27-21-22-36-35(24-27)40-29-14-4-2-11-26(29)20-23-37(40)41-36;1-2-11-27-23-28(18-17-25(27)9-1)38-31-13-5-7-15-33(31)39(34-16-8-6-14-32(34)38)29-20-21-36-35(24-29)40-30-12-4-3-10-26(30)19-22-37(40)41-36;;;/h1-26H;2*1-24H;3*1H4/i;;;3*1D. The van der Waals surface area contributed by atoms with Crippen molar-refractivity contribution in [1.29, 1.82) is 0 Å². The maximum absolute atomic E-state index is 6.49. The average molecular weight is 1640 g/mol. The molecular formula is C125H86O3. The summed E-state index contributed by atoms with van der Waals surface area (Å²) >= 11 is 0. The van der Waals surface area contributed by atoms with Crippen LogP contribution < -0.4 is 0 Å². The van der Waals surface area contributed by atoms with E-state index in [2.05, 4.69) is 449 Å². The zero-order valence-electron chi connectivity index (χ0n) is 73.9. The van der Waals surface area contributed by atoms with Crippen LogP contribution in [0.4, 0.5) is 0 Å². The van der Waals surface area contributed by atoms with E-state index in [1.54, 1.807) is 0 Å². The van der Waals surface area contributed by atoms with Crippen LogP contribution in [0, 0.1) is 0 Å². The summed E-state index contributed by atoms with van der Waals surface area (Å²) in [6.07, 6.45) is 0. The van der Waals surface area contributed by atoms with Gasteiger partial charge in [0, 0.05) is 36.4 Å². The molecule has 128 heavy (non-hydrogen) atoms. The molecule has 3 heterocycles. The Morgan fingerprint density at radius 2 is 0.391 bits per heavy atom. The van der Waals surface area contributed by atoms with E-state index in [4.69, 9.17) is 17.4 Å². The van der Waals surface area contributed by atoms with Gasteiger partial charge in [-0.1, -0.05) is 410 Å². The third-order valence-electron chi connectivity index (χ3n) is 26.1. The molecule has 0 unspecified atom stereocenters. The van der Waals surface area contributed by atoms with Gasteiger partial charge in [-0.25, -0.2) is 0 Å². The Hall–Kier alpha value is -16.5. The van der Waals surface area contributed by atoms with Gasteiger partial charge in [-0.2, -0.15) is 0 Å². The minimum Gasteiger partial charge on any atom is -0.456 e. The molecule has 0 radical (unpaired) electrons. The maximum Gasteiger partial charge on any atom is 0.136 e. The molecule has 0 bridgehead atoms. The van der Waals surface area contributed by atoms with Crippen molar-refractivity contribution in [2.75, 3.05) is 0 Å². The second-order valence-corrected chi connectivity index (χ2v) is 33.0. The molecule has 3 heteroatoms. The lowest BCUT2D eigenvalue weighted by Crippen LogP contribution is -1.91. The van der Waals surface area contributed by atoms with Crippen LogP contribution in [0.3, 0.4) is 0 Å². The van der Waals surface area contributed by atoms with Crippen molar-refractivity contribution in [2.24, 2.45) is 0 Å². The summed E-state index contributed by atoms with van der Waals surface area (Å²) in [6.45, 7) is 0. The van der Waals surface area contributed by atoms with Crippen molar-refractivity contribution in [3.8, 4) is 77.9 Å². The Balaban J connectivity index is 0.000000112. The van der Waals surface area contributed by atoms with Crippen LogP contribution in [-0.4, -0.2) is 0 Å². The predicted molar refractivity (Wildman–Crippen MR) is 552 cm³/mol. The lowest BCUT2D eigenvalue weighted by Gasteiger charge is -2.18. The van der Waals surface area contributed by atoms with Gasteiger partial charge >= 0.3 is 0 Å². The van der Waals surface area contributed by atoms with Crippen molar-refractivity contribution in [2.45, 2.75) is 22.2 Å². The summed E-state index contributed by atoms with van der Waals surface area (Å²) < 4.78 is 36.4. The highest BCUT2D eigenvalue weighted by Gasteiger charge is 2.25. The van der Waals surface area contributed by atoms with Crippen LogP contribution >= 0.6 is 0 Å². The maximum atomic E-state index is 6.49. The third kappa shape index (κ3) is 12.6. The highest BCUT2D eigenvalue weighted by atomic mass is 16.3. The smallest absolute Gasteiger partial charge is 0.136 e. The van der Waals surface area contributed by atoms with E-state index in [1.807, 2.05) is 0 Å². The van der Waals surface area contributed by atoms with Crippen molar-refractivity contribution in [1.82, 2.24) is 0 Å². The van der Waals surface area contributed by atoms with Crippen LogP contribution in [0.25, 0.3) is 262 Å². The summed E-state index contributed by atoms with van der Waals surface area (Å²) in [4.78, 5) is 0. The molecule has 0 N–H and O–H groups in total. The van der Waals surface area contributed by atoms with E-state index >= 15 is 0 Å². The van der Waals surface area contributed by atoms with Crippen LogP contribution in [0.15, 0.2) is 462 Å². The van der Waals surface area contributed by atoms with E-state index < -0.39 is 0 Å². The Kier molecular flexibility index (Phi) is 18.4. The minimum atomic E-state index is 0.914. The topological polar surface area (TPSA) is 39.4 Å². The summed E-state index contributed by atoms with van der Waals surface area (Å²) in [5.41, 5.74) is 22.9. The minimum absolute atomic E-state index is 0.914. The Bertz CT molecular complexity index is 8950. The number of benzene rings is 24. The summed E-state index contributed by atoms with van der Waals surface area (Å²) in [6, 6.07) is 162. The van der Waals surface area contributed by atoms with Gasteiger partial charge in [-0.15, -0.1) is 0 Å². The van der Waals surface area contributed by atoms with Crippen LogP contribution in [-0.2, 0) is 0 Å². The average Bonchev–Trinajstić information content (AvgIpc) is 1.62. The van der Waals surface area contributed by atoms with Crippen LogP contribution in [0.1, 0.15) is 26.3 Å². The summed E-state index contributed by atoms with van der Waals surface area (Å²) in [5, 5.41) is 34.5. The Labute approximate surface area is 745 Å². The monoisotopic (exact) mass is 1640 g/mol. The molecule has 0 atom stereocenters. The second-order valence-electron chi connectivity index (χ2n) is 33.0. The Morgan fingerprint density at radius 3 is 0.812 bits per heavy atom. The lowest BCUT2D eigenvalue weighted by molar-refractivity contribution is 0.669. The normalized spacial score (nSPS) is 11.7. The zero-order valence-corrected chi connectivity index (χ0v) is 70.9. The van der Waals surface area contributed by atoms with Gasteiger partial charge in [-0.05, 0) is 257 Å². The number of rotatable bonds is 7. The second kappa shape index (κ2) is 31.7. The fourth-order valence-corrected chi connectivity index (χ4v) is 20.6. The first-order chi connectivity index (χ1) is 65.0. The van der Waals surface area contributed by atoms with Gasteiger partial charge in [0.05, 0.1) is 0 Å². The number of hydrogen-bond acceptors (Lipinski definition) is 3. The first kappa shape index (κ1) is 74.2. The molecule has 3 aromatic heterocycles. The Morgan fingerprint density at radius 1 is 0.133 bits per heavy atom. The molecule has 27 aromatic rings. The summed E-state index contributed by atoms with van der Waals surface area (Å²) in [7, 11) is 3.75. The fourth-order valence-electron chi connectivity index (χ4n) is 20.6. The molecule has 0 fully saturated rings. The van der Waals surface area contributed by atoms with E-state index in [-0.39, 0.29) is 0 Å². The molecule has 604 valence electrons. The van der Waals surface area contributed by atoms with E-state index in [9.17, 15) is 0 Å². The van der Waals surface area contributed by atoms with Crippen molar-refractivity contribution in [3.05, 3.63) is 449 Å². The molecule has 0 amide bonds. The zero-order chi connectivity index (χ0) is 88.2. The van der Waals surface area contributed by atoms with Gasteiger partial charge in [0.25, 0.3) is 0 Å². The van der Waals surface area contributed by atoms with Crippen LogP contribution in [0.2, 0.25) is 0 Å². The van der Waals surface area contributed by atoms with Crippen LogP contribution in [0.5, 0.6) is 0 Å². The molecule has 3 nitrogen and oxygen atoms in total. The molecule has 24 aromatic carbocycles. The SMILES string of the molecule is [2H]C.[2H]C.[2H]C.c1ccc(-c2ccc(-c3c4ccccc4c(-c4ccc5c(c4)oc4ccc6ccccc6c45)c4ccccc34)cc2)cc1.c1ccc2c(-c3c4ccccc4c(-c4ccc5oc6ccc7ccccc7c6c5c4)c4ccccc34)cccc2c1.c1ccc2cc(-c3c4ccccc4c(-c4ccc5oc6ccc7ccccc7c6c5c4)c4ccccc34)ccc2c1. The van der Waals surface area contributed by atoms with Gasteiger partial charge in [0.1, 0.15) is 33.5 Å². The van der Waals surface area contributed by atoms with Crippen molar-refractivity contribution in [3.63, 3.8) is 0 Å². The molecule has 0 spiro atoms. The number of furan rings is 3. The lowest BCUT2D eigenvalue weighted by atomic mass is 9.84. The van der Waals surface area contributed by atoms with Gasteiger partial charge in [0.15, 0.2) is 0 Å².